The van der Waals surface area contributed by atoms with Crippen LogP contribution in [0.1, 0.15) is 33.6 Å². The van der Waals surface area contributed by atoms with Gasteiger partial charge in [0, 0.05) is 10.0 Å². The van der Waals surface area contributed by atoms with Crippen LogP contribution in [0, 0.1) is 0 Å². The second-order valence-electron chi connectivity index (χ2n) is 5.02. The molecule has 18 heavy (non-hydrogen) atoms. The highest BCUT2D eigenvalue weighted by molar-refractivity contribution is 9.10. The van der Waals surface area contributed by atoms with E-state index in [-0.39, 0.29) is 11.4 Å². The normalized spacial score (nSPS) is 11.3. The summed E-state index contributed by atoms with van der Waals surface area (Å²) in [6.45, 7) is 6.70. The molecule has 1 aromatic rings. The second kappa shape index (κ2) is 6.90. The van der Waals surface area contributed by atoms with E-state index in [4.69, 9.17) is 0 Å². The maximum absolute atomic E-state index is 11.8. The van der Waals surface area contributed by atoms with Crippen molar-refractivity contribution < 1.29 is 4.79 Å². The van der Waals surface area contributed by atoms with E-state index >= 15 is 0 Å². The lowest BCUT2D eigenvalue weighted by Crippen LogP contribution is -2.43. The summed E-state index contributed by atoms with van der Waals surface area (Å²) in [5, 5.41) is 6.15. The van der Waals surface area contributed by atoms with Gasteiger partial charge in [-0.15, -0.1) is 0 Å². The summed E-state index contributed by atoms with van der Waals surface area (Å²) in [6, 6.07) is 7.60. The highest BCUT2D eigenvalue weighted by Crippen LogP contribution is 2.20. The van der Waals surface area contributed by atoms with Gasteiger partial charge in [0.15, 0.2) is 0 Å². The zero-order chi connectivity index (χ0) is 13.6. The molecule has 0 fully saturated rings. The lowest BCUT2D eigenvalue weighted by atomic mass is 9.99. The van der Waals surface area contributed by atoms with E-state index in [2.05, 4.69) is 47.3 Å². The monoisotopic (exact) mass is 312 g/mol. The molecular weight excluding hydrogens is 292 g/mol. The van der Waals surface area contributed by atoms with Crippen molar-refractivity contribution in [3.05, 3.63) is 28.7 Å². The van der Waals surface area contributed by atoms with E-state index in [9.17, 15) is 4.79 Å². The SMILES string of the molecule is CCCC(C)(C)NCC(=O)Nc1ccccc1Br. The van der Waals surface area contributed by atoms with Crippen LogP contribution in [0.3, 0.4) is 0 Å². The smallest absolute Gasteiger partial charge is 0.238 e. The van der Waals surface area contributed by atoms with Gasteiger partial charge in [-0.05, 0) is 48.3 Å². The highest BCUT2D eigenvalue weighted by atomic mass is 79.9. The largest absolute Gasteiger partial charge is 0.324 e. The molecule has 1 amide bonds. The number of amides is 1. The number of hydrogen-bond donors (Lipinski definition) is 2. The molecule has 0 aromatic heterocycles. The van der Waals surface area contributed by atoms with Gasteiger partial charge >= 0.3 is 0 Å². The number of halogens is 1. The van der Waals surface area contributed by atoms with Gasteiger partial charge in [0.2, 0.25) is 5.91 Å². The molecule has 0 aliphatic heterocycles. The van der Waals surface area contributed by atoms with Crippen molar-refractivity contribution in [1.29, 1.82) is 0 Å². The van der Waals surface area contributed by atoms with E-state index < -0.39 is 0 Å². The third kappa shape index (κ3) is 5.19. The number of hydrogen-bond acceptors (Lipinski definition) is 2. The predicted octanol–water partition coefficient (Wildman–Crippen LogP) is 3.56. The number of benzene rings is 1. The molecule has 0 saturated carbocycles. The molecule has 0 aliphatic carbocycles. The van der Waals surface area contributed by atoms with E-state index in [1.165, 1.54) is 0 Å². The molecule has 0 unspecified atom stereocenters. The molecule has 0 spiro atoms. The molecule has 0 heterocycles. The molecule has 3 nitrogen and oxygen atoms in total. The van der Waals surface area contributed by atoms with E-state index in [0.717, 1.165) is 23.0 Å². The molecule has 0 atom stereocenters. The minimum Gasteiger partial charge on any atom is -0.324 e. The van der Waals surface area contributed by atoms with Crippen LogP contribution in [0.2, 0.25) is 0 Å². The number of rotatable bonds is 6. The highest BCUT2D eigenvalue weighted by Gasteiger charge is 2.17. The fraction of sp³-hybridized carbons (Fsp3) is 0.500. The molecule has 0 radical (unpaired) electrons. The quantitative estimate of drug-likeness (QED) is 0.843. The van der Waals surface area contributed by atoms with Crippen LogP contribution in [0.4, 0.5) is 5.69 Å². The van der Waals surface area contributed by atoms with Gasteiger partial charge in [-0.1, -0.05) is 25.5 Å². The van der Waals surface area contributed by atoms with Gasteiger partial charge in [0.1, 0.15) is 0 Å². The zero-order valence-electron chi connectivity index (χ0n) is 11.2. The van der Waals surface area contributed by atoms with Crippen molar-refractivity contribution in [3.63, 3.8) is 0 Å². The van der Waals surface area contributed by atoms with Crippen molar-refractivity contribution in [2.24, 2.45) is 0 Å². The number of para-hydroxylation sites is 1. The van der Waals surface area contributed by atoms with E-state index in [1.54, 1.807) is 0 Å². The lowest BCUT2D eigenvalue weighted by molar-refractivity contribution is -0.115. The van der Waals surface area contributed by atoms with E-state index in [1.807, 2.05) is 24.3 Å². The third-order valence-corrected chi connectivity index (χ3v) is 3.44. The van der Waals surface area contributed by atoms with Gasteiger partial charge in [-0.25, -0.2) is 0 Å². The standard InChI is InChI=1S/C14H21BrN2O/c1-4-9-14(2,3)16-10-13(18)17-12-8-6-5-7-11(12)15/h5-8,16H,4,9-10H2,1-3H3,(H,17,18). The van der Waals surface area contributed by atoms with Crippen LogP contribution in [0.25, 0.3) is 0 Å². The molecule has 1 aromatic carbocycles. The van der Waals surface area contributed by atoms with Crippen LogP contribution in [-0.2, 0) is 4.79 Å². The predicted molar refractivity (Wildman–Crippen MR) is 79.8 cm³/mol. The molecule has 0 bridgehead atoms. The maximum Gasteiger partial charge on any atom is 0.238 e. The van der Waals surface area contributed by atoms with Crippen LogP contribution >= 0.6 is 15.9 Å². The van der Waals surface area contributed by atoms with Crippen LogP contribution in [-0.4, -0.2) is 18.0 Å². The Morgan fingerprint density at radius 3 is 2.61 bits per heavy atom. The molecule has 2 N–H and O–H groups in total. The Balaban J connectivity index is 2.46. The average Bonchev–Trinajstić information content (AvgIpc) is 2.30. The number of nitrogens with one attached hydrogen (secondary N) is 2. The van der Waals surface area contributed by atoms with Crippen molar-refractivity contribution >= 4 is 27.5 Å². The van der Waals surface area contributed by atoms with Crippen molar-refractivity contribution in [3.8, 4) is 0 Å². The van der Waals surface area contributed by atoms with Gasteiger partial charge in [0.25, 0.3) is 0 Å². The maximum atomic E-state index is 11.8. The molecule has 100 valence electrons. The van der Waals surface area contributed by atoms with E-state index in [0.29, 0.717) is 6.54 Å². The molecule has 0 aliphatic rings. The molecule has 1 rings (SSSR count). The first kappa shape index (κ1) is 15.2. The first-order valence-corrected chi connectivity index (χ1v) is 7.03. The Morgan fingerprint density at radius 1 is 1.33 bits per heavy atom. The fourth-order valence-electron chi connectivity index (χ4n) is 1.79. The zero-order valence-corrected chi connectivity index (χ0v) is 12.8. The number of carbonyl (C=O) groups is 1. The summed E-state index contributed by atoms with van der Waals surface area (Å²) < 4.78 is 0.895. The Kier molecular flexibility index (Phi) is 5.82. The summed E-state index contributed by atoms with van der Waals surface area (Å²) in [5.74, 6) is -0.0221. The van der Waals surface area contributed by atoms with Crippen molar-refractivity contribution in [1.82, 2.24) is 5.32 Å². The van der Waals surface area contributed by atoms with Crippen molar-refractivity contribution in [2.45, 2.75) is 39.2 Å². The summed E-state index contributed by atoms with van der Waals surface area (Å²) >= 11 is 3.41. The van der Waals surface area contributed by atoms with Gasteiger partial charge in [-0.2, -0.15) is 0 Å². The number of anilines is 1. The van der Waals surface area contributed by atoms with Gasteiger partial charge in [0.05, 0.1) is 12.2 Å². The molecule has 0 saturated heterocycles. The third-order valence-electron chi connectivity index (χ3n) is 2.75. The Hall–Kier alpha value is -0.870. The summed E-state index contributed by atoms with van der Waals surface area (Å²) in [4.78, 5) is 11.8. The second-order valence-corrected chi connectivity index (χ2v) is 5.87. The van der Waals surface area contributed by atoms with Crippen molar-refractivity contribution in [2.75, 3.05) is 11.9 Å². The first-order valence-electron chi connectivity index (χ1n) is 6.24. The Labute approximate surface area is 117 Å². The summed E-state index contributed by atoms with van der Waals surface area (Å²) in [6.07, 6.45) is 2.15. The Morgan fingerprint density at radius 2 is 2.00 bits per heavy atom. The molecular formula is C14H21BrN2O. The summed E-state index contributed by atoms with van der Waals surface area (Å²) in [7, 11) is 0. The minimum atomic E-state index is -0.0221. The molecule has 4 heteroatoms. The van der Waals surface area contributed by atoms with Crippen LogP contribution < -0.4 is 10.6 Å². The first-order chi connectivity index (χ1) is 8.44. The average molecular weight is 313 g/mol. The summed E-state index contributed by atoms with van der Waals surface area (Å²) in [5.41, 5.74) is 0.803. The van der Waals surface area contributed by atoms with Crippen LogP contribution in [0.5, 0.6) is 0 Å². The number of carbonyl (C=O) groups excluding carboxylic acids is 1. The topological polar surface area (TPSA) is 41.1 Å². The fourth-order valence-corrected chi connectivity index (χ4v) is 2.17. The Bertz CT molecular complexity index is 405. The van der Waals surface area contributed by atoms with Crippen LogP contribution in [0.15, 0.2) is 28.7 Å². The van der Waals surface area contributed by atoms with Gasteiger partial charge < -0.3 is 10.6 Å². The lowest BCUT2D eigenvalue weighted by Gasteiger charge is -2.25. The van der Waals surface area contributed by atoms with Gasteiger partial charge in [-0.3, -0.25) is 4.79 Å². The minimum absolute atomic E-state index is 0.00000992.